The van der Waals surface area contributed by atoms with Gasteiger partial charge in [0.1, 0.15) is 5.82 Å². The Kier molecular flexibility index (Phi) is 5.66. The van der Waals surface area contributed by atoms with E-state index in [9.17, 15) is 9.90 Å². The van der Waals surface area contributed by atoms with E-state index < -0.39 is 5.82 Å². The van der Waals surface area contributed by atoms with E-state index in [2.05, 4.69) is 10.3 Å². The van der Waals surface area contributed by atoms with E-state index >= 15 is 4.39 Å². The number of ketones is 1. The molecule has 172 valence electrons. The van der Waals surface area contributed by atoms with Gasteiger partial charge in [-0.15, -0.1) is 0 Å². The van der Waals surface area contributed by atoms with Crippen LogP contribution < -0.4 is 15.8 Å². The van der Waals surface area contributed by atoms with Crippen LogP contribution in [0.1, 0.15) is 48.9 Å². The molecule has 7 heteroatoms. The van der Waals surface area contributed by atoms with Gasteiger partial charge in [-0.05, 0) is 62.3 Å². The lowest BCUT2D eigenvalue weighted by Gasteiger charge is -2.29. The van der Waals surface area contributed by atoms with E-state index in [0.717, 1.165) is 44.2 Å². The van der Waals surface area contributed by atoms with Crippen molar-refractivity contribution in [2.24, 2.45) is 11.7 Å². The standard InChI is InChI=1S/C26H28FN3O3/c1-33-24-10-15(4-9-23(24)31)18-11-19-22(12-21(18)27)29-13-20(26(32)14-2-3-14)25(19)30-17-7-5-16(28)6-8-17/h4,9-14,16-17,31H,2-3,5-8,28H2,1H3,(H,29,30). The molecule has 2 aliphatic carbocycles. The molecule has 0 aliphatic heterocycles. The first-order valence-electron chi connectivity index (χ1n) is 11.5. The number of pyridine rings is 1. The number of carbonyl (C=O) groups is 1. The summed E-state index contributed by atoms with van der Waals surface area (Å²) >= 11 is 0. The summed E-state index contributed by atoms with van der Waals surface area (Å²) in [4.78, 5) is 17.5. The van der Waals surface area contributed by atoms with E-state index in [-0.39, 0.29) is 35.3 Å². The summed E-state index contributed by atoms with van der Waals surface area (Å²) in [6.45, 7) is 0. The summed E-state index contributed by atoms with van der Waals surface area (Å²) in [5, 5.41) is 14.2. The van der Waals surface area contributed by atoms with Crippen molar-refractivity contribution < 1.29 is 19.0 Å². The number of aromatic hydroxyl groups is 1. The van der Waals surface area contributed by atoms with Gasteiger partial charge in [-0.25, -0.2) is 4.39 Å². The zero-order valence-corrected chi connectivity index (χ0v) is 18.6. The molecule has 33 heavy (non-hydrogen) atoms. The number of nitrogens with zero attached hydrogens (tertiary/aromatic N) is 1. The Hall–Kier alpha value is -3.19. The fraction of sp³-hybridized carbons (Fsp3) is 0.385. The second-order valence-corrected chi connectivity index (χ2v) is 9.18. The molecular weight excluding hydrogens is 421 g/mol. The van der Waals surface area contributed by atoms with Crippen LogP contribution in [0.3, 0.4) is 0 Å². The van der Waals surface area contributed by atoms with Gasteiger partial charge in [-0.3, -0.25) is 9.78 Å². The fourth-order valence-corrected chi connectivity index (χ4v) is 4.66. The first-order valence-corrected chi connectivity index (χ1v) is 11.5. The first kappa shape index (κ1) is 21.6. The zero-order chi connectivity index (χ0) is 23.1. The zero-order valence-electron chi connectivity index (χ0n) is 18.6. The quantitative estimate of drug-likeness (QED) is 0.457. The van der Waals surface area contributed by atoms with Gasteiger partial charge in [-0.1, -0.05) is 6.07 Å². The van der Waals surface area contributed by atoms with Crippen LogP contribution in [0.4, 0.5) is 10.1 Å². The van der Waals surface area contributed by atoms with Gasteiger partial charge >= 0.3 is 0 Å². The Morgan fingerprint density at radius 3 is 2.61 bits per heavy atom. The number of nitrogens with two attached hydrogens (primary N) is 1. The molecule has 0 spiro atoms. The number of hydrogen-bond acceptors (Lipinski definition) is 6. The molecule has 3 aromatic rings. The largest absolute Gasteiger partial charge is 0.504 e. The minimum Gasteiger partial charge on any atom is -0.504 e. The van der Waals surface area contributed by atoms with Gasteiger partial charge in [0.25, 0.3) is 0 Å². The Bertz CT molecular complexity index is 1220. The number of Topliss-reactive ketones (excluding diaryl/α,β-unsaturated/α-hetero) is 1. The third kappa shape index (κ3) is 4.25. The molecule has 0 bridgehead atoms. The van der Waals surface area contributed by atoms with Gasteiger partial charge in [0.15, 0.2) is 17.3 Å². The van der Waals surface area contributed by atoms with Crippen LogP contribution in [0.2, 0.25) is 0 Å². The van der Waals surface area contributed by atoms with Crippen molar-refractivity contribution >= 4 is 22.4 Å². The Morgan fingerprint density at radius 2 is 1.91 bits per heavy atom. The molecule has 0 radical (unpaired) electrons. The fourth-order valence-electron chi connectivity index (χ4n) is 4.66. The molecule has 2 aliphatic rings. The van der Waals surface area contributed by atoms with Crippen molar-refractivity contribution in [3.63, 3.8) is 0 Å². The minimum atomic E-state index is -0.432. The summed E-state index contributed by atoms with van der Waals surface area (Å²) in [5.74, 6) is -0.0417. The van der Waals surface area contributed by atoms with Crippen molar-refractivity contribution in [2.45, 2.75) is 50.6 Å². The van der Waals surface area contributed by atoms with Crippen LogP contribution in [0, 0.1) is 11.7 Å². The number of rotatable bonds is 6. The molecule has 1 aromatic heterocycles. The summed E-state index contributed by atoms with van der Waals surface area (Å²) < 4.78 is 20.3. The SMILES string of the molecule is COc1cc(-c2cc3c(NC4CCC(N)CC4)c(C(=O)C4CC4)cnc3cc2F)ccc1O. The van der Waals surface area contributed by atoms with Gasteiger partial charge in [0.2, 0.25) is 0 Å². The molecule has 0 unspecified atom stereocenters. The molecule has 4 N–H and O–H groups in total. The summed E-state index contributed by atoms with van der Waals surface area (Å²) in [5.41, 5.74) is 8.79. The number of halogens is 1. The highest BCUT2D eigenvalue weighted by atomic mass is 19.1. The molecule has 2 saturated carbocycles. The Morgan fingerprint density at radius 1 is 1.15 bits per heavy atom. The number of anilines is 1. The van der Waals surface area contributed by atoms with Gasteiger partial charge < -0.3 is 20.9 Å². The third-order valence-corrected chi connectivity index (χ3v) is 6.78. The number of phenolic OH excluding ortho intramolecular Hbond substituents is 1. The van der Waals surface area contributed by atoms with E-state index in [1.165, 1.54) is 19.2 Å². The molecule has 0 saturated heterocycles. The van der Waals surface area contributed by atoms with E-state index in [1.807, 2.05) is 0 Å². The molecule has 0 amide bonds. The number of nitrogens with one attached hydrogen (secondary N) is 1. The summed E-state index contributed by atoms with van der Waals surface area (Å²) in [7, 11) is 1.45. The molecule has 2 fully saturated rings. The number of methoxy groups -OCH3 is 1. The number of benzene rings is 2. The lowest BCUT2D eigenvalue weighted by Crippen LogP contribution is -2.33. The number of phenols is 1. The molecular formula is C26H28FN3O3. The van der Waals surface area contributed by atoms with Crippen molar-refractivity contribution in [2.75, 3.05) is 12.4 Å². The molecule has 0 atom stereocenters. The van der Waals surface area contributed by atoms with Crippen LogP contribution in [0.15, 0.2) is 36.5 Å². The summed E-state index contributed by atoms with van der Waals surface area (Å²) in [6, 6.07) is 8.28. The maximum absolute atomic E-state index is 15.1. The van der Waals surface area contributed by atoms with Crippen molar-refractivity contribution in [1.29, 1.82) is 0 Å². The van der Waals surface area contributed by atoms with Crippen molar-refractivity contribution in [3.05, 3.63) is 47.9 Å². The van der Waals surface area contributed by atoms with E-state index in [1.54, 1.807) is 24.4 Å². The number of carbonyl (C=O) groups excluding carboxylic acids is 1. The van der Waals surface area contributed by atoms with E-state index in [0.29, 0.717) is 27.6 Å². The normalized spacial score (nSPS) is 20.6. The molecule has 6 nitrogen and oxygen atoms in total. The number of fused-ring (bicyclic) bond motifs is 1. The second kappa shape index (κ2) is 8.63. The summed E-state index contributed by atoms with van der Waals surface area (Å²) in [6.07, 6.45) is 7.09. The highest BCUT2D eigenvalue weighted by Crippen LogP contribution is 2.40. The lowest BCUT2D eigenvalue weighted by molar-refractivity contribution is 0.0968. The van der Waals surface area contributed by atoms with Crippen LogP contribution in [-0.4, -0.2) is 35.1 Å². The number of aromatic nitrogens is 1. The average Bonchev–Trinajstić information content (AvgIpc) is 3.66. The molecule has 5 rings (SSSR count). The van der Waals surface area contributed by atoms with E-state index in [4.69, 9.17) is 10.5 Å². The van der Waals surface area contributed by atoms with Crippen molar-refractivity contribution in [1.82, 2.24) is 4.98 Å². The number of ether oxygens (including phenoxy) is 1. The topological polar surface area (TPSA) is 97.5 Å². The van der Waals surface area contributed by atoms with Crippen LogP contribution in [0.5, 0.6) is 11.5 Å². The third-order valence-electron chi connectivity index (χ3n) is 6.78. The van der Waals surface area contributed by atoms with Gasteiger partial charge in [0.05, 0.1) is 23.9 Å². The van der Waals surface area contributed by atoms with Crippen LogP contribution in [-0.2, 0) is 0 Å². The Labute approximate surface area is 192 Å². The maximum Gasteiger partial charge on any atom is 0.169 e. The monoisotopic (exact) mass is 449 g/mol. The predicted octanol–water partition coefficient (Wildman–Crippen LogP) is 5.03. The van der Waals surface area contributed by atoms with Crippen LogP contribution >= 0.6 is 0 Å². The Balaban J connectivity index is 1.64. The highest BCUT2D eigenvalue weighted by Gasteiger charge is 2.33. The van der Waals surface area contributed by atoms with Crippen molar-refractivity contribution in [3.8, 4) is 22.6 Å². The predicted molar refractivity (Wildman–Crippen MR) is 126 cm³/mol. The number of hydrogen-bond donors (Lipinski definition) is 3. The smallest absolute Gasteiger partial charge is 0.169 e. The maximum atomic E-state index is 15.1. The highest BCUT2D eigenvalue weighted by molar-refractivity contribution is 6.10. The van der Waals surface area contributed by atoms with Gasteiger partial charge in [0, 0.05) is 41.2 Å². The minimum absolute atomic E-state index is 0.0145. The lowest BCUT2D eigenvalue weighted by atomic mass is 9.91. The van der Waals surface area contributed by atoms with Gasteiger partial charge in [-0.2, -0.15) is 0 Å². The molecule has 2 aromatic carbocycles. The first-order chi connectivity index (χ1) is 15.9. The molecule has 1 heterocycles. The second-order valence-electron chi connectivity index (χ2n) is 9.18. The van der Waals surface area contributed by atoms with Crippen LogP contribution in [0.25, 0.3) is 22.0 Å². The average molecular weight is 450 g/mol.